The van der Waals surface area contributed by atoms with Crippen LogP contribution in [0.25, 0.3) is 0 Å². The molecular weight excluding hydrogens is 775 g/mol. The second-order valence-corrected chi connectivity index (χ2v) is 16.8. The van der Waals surface area contributed by atoms with E-state index < -0.39 is 49.5 Å². The van der Waals surface area contributed by atoms with Crippen LogP contribution in [0.3, 0.4) is 0 Å². The SMILES string of the molecule is CC/C=C/CC/C=C/CC/C=C/C(O)C(COC1OC(CO)C(O)C(O)C1O)NC(=O)CCCCCCC/C=C\CCCCCOC(=O)CCCCCCCCCCCCC. The maximum atomic E-state index is 12.9. The molecule has 7 unspecified atom stereocenters. The number of aliphatic hydroxyl groups is 5. The molecule has 1 aliphatic heterocycles. The summed E-state index contributed by atoms with van der Waals surface area (Å²) in [6.07, 6.45) is 37.7. The second kappa shape index (κ2) is 40.4. The van der Waals surface area contributed by atoms with Gasteiger partial charge in [-0.25, -0.2) is 0 Å². The van der Waals surface area contributed by atoms with Crippen molar-refractivity contribution in [1.82, 2.24) is 5.32 Å². The van der Waals surface area contributed by atoms with Gasteiger partial charge in [-0.15, -0.1) is 0 Å². The second-order valence-electron chi connectivity index (χ2n) is 16.8. The summed E-state index contributed by atoms with van der Waals surface area (Å²) in [5.41, 5.74) is 0. The molecule has 354 valence electrons. The normalized spacial score (nSPS) is 20.7. The number of ether oxygens (including phenoxy) is 3. The third kappa shape index (κ3) is 31.2. The van der Waals surface area contributed by atoms with Crippen molar-refractivity contribution in [3.63, 3.8) is 0 Å². The van der Waals surface area contributed by atoms with Crippen molar-refractivity contribution < 1.29 is 49.3 Å². The number of rotatable bonds is 40. The van der Waals surface area contributed by atoms with E-state index in [1.165, 1.54) is 57.8 Å². The number of amides is 1. The van der Waals surface area contributed by atoms with E-state index in [0.29, 0.717) is 32.3 Å². The number of esters is 1. The fourth-order valence-corrected chi connectivity index (χ4v) is 7.23. The predicted molar refractivity (Wildman–Crippen MR) is 246 cm³/mol. The lowest BCUT2D eigenvalue weighted by Crippen LogP contribution is -2.60. The number of hydrogen-bond donors (Lipinski definition) is 6. The fourth-order valence-electron chi connectivity index (χ4n) is 7.23. The van der Waals surface area contributed by atoms with Gasteiger partial charge >= 0.3 is 5.97 Å². The quantitative estimate of drug-likeness (QED) is 0.0198. The first kappa shape index (κ1) is 56.6. The lowest BCUT2D eigenvalue weighted by molar-refractivity contribution is -0.302. The number of hydrogen-bond acceptors (Lipinski definition) is 10. The molecule has 11 heteroatoms. The molecule has 0 aromatic heterocycles. The molecule has 11 nitrogen and oxygen atoms in total. The lowest BCUT2D eigenvalue weighted by Gasteiger charge is -2.40. The Hall–Kier alpha value is -2.38. The number of carbonyl (C=O) groups is 2. The van der Waals surface area contributed by atoms with Gasteiger partial charge in [-0.05, 0) is 83.5 Å². The Morgan fingerprint density at radius 1 is 0.607 bits per heavy atom. The zero-order valence-corrected chi connectivity index (χ0v) is 38.4. The van der Waals surface area contributed by atoms with Crippen LogP contribution in [0.2, 0.25) is 0 Å². The highest BCUT2D eigenvalue weighted by molar-refractivity contribution is 5.76. The summed E-state index contributed by atoms with van der Waals surface area (Å²) in [5, 5.41) is 54.0. The maximum absolute atomic E-state index is 12.9. The van der Waals surface area contributed by atoms with E-state index in [-0.39, 0.29) is 18.5 Å². The minimum atomic E-state index is -1.59. The molecule has 0 aromatic carbocycles. The Kier molecular flexibility index (Phi) is 37.5. The molecule has 1 amide bonds. The van der Waals surface area contributed by atoms with E-state index in [2.05, 4.69) is 55.6 Å². The highest BCUT2D eigenvalue weighted by atomic mass is 16.7. The third-order valence-corrected chi connectivity index (χ3v) is 11.2. The smallest absolute Gasteiger partial charge is 0.305 e. The minimum Gasteiger partial charge on any atom is -0.466 e. The molecular formula is C50H89NO10. The first-order valence-electron chi connectivity index (χ1n) is 24.4. The summed E-state index contributed by atoms with van der Waals surface area (Å²) in [7, 11) is 0. The third-order valence-electron chi connectivity index (χ3n) is 11.2. The summed E-state index contributed by atoms with van der Waals surface area (Å²) >= 11 is 0. The molecule has 61 heavy (non-hydrogen) atoms. The zero-order valence-electron chi connectivity index (χ0n) is 38.4. The number of unbranched alkanes of at least 4 members (excludes halogenated alkanes) is 20. The summed E-state index contributed by atoms with van der Waals surface area (Å²) in [4.78, 5) is 24.9. The molecule has 1 saturated heterocycles. The molecule has 1 fully saturated rings. The zero-order chi connectivity index (χ0) is 44.6. The molecule has 0 radical (unpaired) electrons. The highest BCUT2D eigenvalue weighted by Crippen LogP contribution is 2.22. The van der Waals surface area contributed by atoms with Crippen LogP contribution in [0, 0.1) is 0 Å². The summed E-state index contributed by atoms with van der Waals surface area (Å²) in [6.45, 7) is 4.08. The van der Waals surface area contributed by atoms with Gasteiger partial charge in [-0.1, -0.05) is 146 Å². The van der Waals surface area contributed by atoms with Crippen molar-refractivity contribution in [2.45, 2.75) is 236 Å². The van der Waals surface area contributed by atoms with E-state index in [4.69, 9.17) is 14.2 Å². The number of nitrogens with one attached hydrogen (secondary N) is 1. The Morgan fingerprint density at radius 2 is 1.11 bits per heavy atom. The highest BCUT2D eigenvalue weighted by Gasteiger charge is 2.44. The van der Waals surface area contributed by atoms with Crippen LogP contribution in [0.1, 0.15) is 194 Å². The fraction of sp³-hybridized carbons (Fsp3) is 0.800. The molecule has 0 saturated carbocycles. The van der Waals surface area contributed by atoms with Gasteiger partial charge in [0.1, 0.15) is 24.4 Å². The largest absolute Gasteiger partial charge is 0.466 e. The van der Waals surface area contributed by atoms with Crippen molar-refractivity contribution >= 4 is 11.9 Å². The summed E-state index contributed by atoms with van der Waals surface area (Å²) < 4.78 is 16.6. The van der Waals surface area contributed by atoms with Crippen molar-refractivity contribution in [2.75, 3.05) is 19.8 Å². The Balaban J connectivity index is 2.23. The van der Waals surface area contributed by atoms with Crippen molar-refractivity contribution in [3.8, 4) is 0 Å². The Labute approximate surface area is 370 Å². The lowest BCUT2D eigenvalue weighted by atomic mass is 9.99. The van der Waals surface area contributed by atoms with E-state index >= 15 is 0 Å². The van der Waals surface area contributed by atoms with Gasteiger partial charge in [0.05, 0.1) is 32.0 Å². The molecule has 1 aliphatic rings. The number of aliphatic hydroxyl groups excluding tert-OH is 5. The number of carbonyl (C=O) groups excluding carboxylic acids is 2. The minimum absolute atomic E-state index is 0.0505. The summed E-state index contributed by atoms with van der Waals surface area (Å²) in [6, 6.07) is -0.852. The molecule has 0 aromatic rings. The van der Waals surface area contributed by atoms with Gasteiger partial charge in [0, 0.05) is 12.8 Å². The van der Waals surface area contributed by atoms with Crippen LogP contribution in [-0.4, -0.2) is 100 Å². The van der Waals surface area contributed by atoms with Gasteiger partial charge in [-0.3, -0.25) is 9.59 Å². The molecule has 0 aliphatic carbocycles. The Bertz CT molecular complexity index is 1160. The van der Waals surface area contributed by atoms with Gasteiger partial charge in [-0.2, -0.15) is 0 Å². The molecule has 0 spiro atoms. The summed E-state index contributed by atoms with van der Waals surface area (Å²) in [5.74, 6) is -0.277. The van der Waals surface area contributed by atoms with E-state index in [0.717, 1.165) is 96.3 Å². The molecule has 7 atom stereocenters. The van der Waals surface area contributed by atoms with Crippen molar-refractivity contribution in [2.24, 2.45) is 0 Å². The van der Waals surface area contributed by atoms with Crippen molar-refractivity contribution in [1.29, 1.82) is 0 Å². The number of allylic oxidation sites excluding steroid dienone is 7. The average Bonchev–Trinajstić information content (AvgIpc) is 3.25. The van der Waals surface area contributed by atoms with Gasteiger partial charge < -0.3 is 45.1 Å². The van der Waals surface area contributed by atoms with Crippen molar-refractivity contribution in [3.05, 3.63) is 48.6 Å². The topological polar surface area (TPSA) is 175 Å². The monoisotopic (exact) mass is 864 g/mol. The molecule has 1 rings (SSSR count). The average molecular weight is 864 g/mol. The van der Waals surface area contributed by atoms with Crippen LogP contribution < -0.4 is 5.32 Å². The first-order chi connectivity index (χ1) is 29.7. The first-order valence-corrected chi connectivity index (χ1v) is 24.4. The standard InChI is InChI=1S/C50H89NO10/c1-3-5-7-9-11-13-17-22-26-30-34-38-46(55)59-39-35-31-27-23-19-16-15-18-21-25-29-33-37-45(54)51-42(41-60-50-49(58)48(57)47(56)44(40-52)61-50)43(53)36-32-28-24-20-14-12-10-8-6-4-2/h6,8,14,16,19-20,32,36,42-44,47-50,52-53,56-58H,3-5,7,9-13,15,17-18,21-31,33-35,37-41H2,1-2H3,(H,51,54)/b8-6+,19-16-,20-14+,36-32+. The van der Waals surface area contributed by atoms with Gasteiger partial charge in [0.15, 0.2) is 6.29 Å². The van der Waals surface area contributed by atoms with E-state index in [1.807, 2.05) is 6.08 Å². The predicted octanol–water partition coefficient (Wildman–Crippen LogP) is 9.38. The molecule has 0 bridgehead atoms. The maximum Gasteiger partial charge on any atom is 0.305 e. The van der Waals surface area contributed by atoms with Crippen LogP contribution in [0.15, 0.2) is 48.6 Å². The molecule has 6 N–H and O–H groups in total. The van der Waals surface area contributed by atoms with Crippen LogP contribution in [0.4, 0.5) is 0 Å². The van der Waals surface area contributed by atoms with Gasteiger partial charge in [0.2, 0.25) is 5.91 Å². The van der Waals surface area contributed by atoms with E-state index in [9.17, 15) is 35.1 Å². The van der Waals surface area contributed by atoms with E-state index in [1.54, 1.807) is 6.08 Å². The van der Waals surface area contributed by atoms with Crippen LogP contribution in [-0.2, 0) is 23.8 Å². The van der Waals surface area contributed by atoms with Crippen LogP contribution >= 0.6 is 0 Å². The van der Waals surface area contributed by atoms with Crippen LogP contribution in [0.5, 0.6) is 0 Å². The molecule has 1 heterocycles. The van der Waals surface area contributed by atoms with Gasteiger partial charge in [0.25, 0.3) is 0 Å². The Morgan fingerprint density at radius 3 is 1.70 bits per heavy atom.